The Kier molecular flexibility index (Phi) is 10.2. The second kappa shape index (κ2) is 13.4. The summed E-state index contributed by atoms with van der Waals surface area (Å²) in [6, 6.07) is 14.4. The van der Waals surface area contributed by atoms with Crippen LogP contribution in [-0.4, -0.2) is 62.6 Å². The SMILES string of the molecule is CC(C)(C)OC(=O)NN(Cc1ccc(-c2cnccn2)cc1)C[C@H](O)[C@H](Cc1ccccc1)NC(=O)C(F)(F)F. The number of aromatic nitrogens is 2. The minimum absolute atomic E-state index is 0.0718. The summed E-state index contributed by atoms with van der Waals surface area (Å²) >= 11 is 0. The van der Waals surface area contributed by atoms with Crippen molar-refractivity contribution in [2.45, 2.75) is 57.7 Å². The molecular weight excluding hydrogens is 527 g/mol. The van der Waals surface area contributed by atoms with E-state index in [1.165, 1.54) is 5.01 Å². The maximum atomic E-state index is 13.1. The molecule has 12 heteroatoms. The van der Waals surface area contributed by atoms with Crippen LogP contribution in [0, 0.1) is 0 Å². The van der Waals surface area contributed by atoms with Crippen LogP contribution in [0.3, 0.4) is 0 Å². The minimum Gasteiger partial charge on any atom is -0.443 e. The molecule has 0 saturated carbocycles. The lowest BCUT2D eigenvalue weighted by atomic mass is 10.0. The van der Waals surface area contributed by atoms with Crippen LogP contribution in [0.5, 0.6) is 0 Å². The minimum atomic E-state index is -5.13. The van der Waals surface area contributed by atoms with Gasteiger partial charge in [-0.3, -0.25) is 20.2 Å². The number of hydrogen-bond donors (Lipinski definition) is 3. The third-order valence-electron chi connectivity index (χ3n) is 5.58. The Balaban J connectivity index is 1.81. The van der Waals surface area contributed by atoms with Crippen molar-refractivity contribution in [1.82, 2.24) is 25.7 Å². The Labute approximate surface area is 230 Å². The van der Waals surface area contributed by atoms with Crippen molar-refractivity contribution in [3.8, 4) is 11.3 Å². The summed E-state index contributed by atoms with van der Waals surface area (Å²) in [6.07, 6.45) is -2.77. The fraction of sp³-hybridized carbons (Fsp3) is 0.357. The predicted molar refractivity (Wildman–Crippen MR) is 141 cm³/mol. The van der Waals surface area contributed by atoms with Gasteiger partial charge in [-0.1, -0.05) is 54.6 Å². The number of nitrogens with zero attached hydrogens (tertiary/aromatic N) is 3. The van der Waals surface area contributed by atoms with Crippen LogP contribution < -0.4 is 10.7 Å². The number of aliphatic hydroxyl groups excluding tert-OH is 1. The van der Waals surface area contributed by atoms with Gasteiger partial charge in [-0.2, -0.15) is 13.2 Å². The van der Waals surface area contributed by atoms with E-state index in [1.54, 1.807) is 81.8 Å². The standard InChI is InChI=1S/C28H32F3N5O4/c1-27(2,3)40-26(39)35-36(17-20-9-11-21(12-10-20)23-16-32-13-14-33-23)18-24(37)22(34-25(38)28(29,30)31)15-19-7-5-4-6-8-19/h4-14,16,22,24,37H,15,17-18H2,1-3H3,(H,34,38)(H,35,39)/t22-,24-/m0/s1. The zero-order valence-electron chi connectivity index (χ0n) is 22.4. The lowest BCUT2D eigenvalue weighted by molar-refractivity contribution is -0.175. The zero-order valence-corrected chi connectivity index (χ0v) is 22.4. The average Bonchev–Trinajstić information content (AvgIpc) is 2.88. The first kappa shape index (κ1) is 30.5. The Bertz CT molecular complexity index is 1240. The van der Waals surface area contributed by atoms with Crippen molar-refractivity contribution < 1.29 is 32.6 Å². The molecule has 0 radical (unpaired) electrons. The highest BCUT2D eigenvalue weighted by Gasteiger charge is 2.41. The number of carbonyl (C=O) groups is 2. The van der Waals surface area contributed by atoms with Crippen molar-refractivity contribution in [2.24, 2.45) is 0 Å². The number of ether oxygens (including phenoxy) is 1. The molecule has 0 fully saturated rings. The molecule has 0 aliphatic carbocycles. The van der Waals surface area contributed by atoms with E-state index in [-0.39, 0.29) is 19.5 Å². The van der Waals surface area contributed by atoms with Gasteiger partial charge in [0.1, 0.15) is 5.60 Å². The molecule has 0 aliphatic rings. The average molecular weight is 560 g/mol. The maximum absolute atomic E-state index is 13.1. The molecule has 2 amide bonds. The largest absolute Gasteiger partial charge is 0.471 e. The van der Waals surface area contributed by atoms with E-state index in [1.807, 2.05) is 17.4 Å². The summed E-state index contributed by atoms with van der Waals surface area (Å²) < 4.78 is 44.5. The van der Waals surface area contributed by atoms with Crippen molar-refractivity contribution in [3.63, 3.8) is 0 Å². The number of nitrogens with one attached hydrogen (secondary N) is 2. The molecule has 9 nitrogen and oxygen atoms in total. The molecule has 3 N–H and O–H groups in total. The van der Waals surface area contributed by atoms with E-state index in [0.29, 0.717) is 11.3 Å². The maximum Gasteiger partial charge on any atom is 0.471 e. The van der Waals surface area contributed by atoms with Gasteiger partial charge in [0.05, 0.1) is 24.0 Å². The van der Waals surface area contributed by atoms with E-state index < -0.39 is 35.9 Å². The van der Waals surface area contributed by atoms with Crippen molar-refractivity contribution >= 4 is 12.0 Å². The first-order valence-electron chi connectivity index (χ1n) is 12.5. The number of alkyl halides is 3. The predicted octanol–water partition coefficient (Wildman–Crippen LogP) is 4.04. The van der Waals surface area contributed by atoms with Gasteiger partial charge in [-0.05, 0) is 38.3 Å². The number of benzene rings is 2. The van der Waals surface area contributed by atoms with Crippen LogP contribution in [0.25, 0.3) is 11.3 Å². The van der Waals surface area contributed by atoms with Gasteiger partial charge in [-0.25, -0.2) is 9.80 Å². The first-order chi connectivity index (χ1) is 18.8. The topological polar surface area (TPSA) is 117 Å². The summed E-state index contributed by atoms with van der Waals surface area (Å²) in [6.45, 7) is 4.79. The van der Waals surface area contributed by atoms with Crippen LogP contribution in [0.4, 0.5) is 18.0 Å². The number of rotatable bonds is 10. The molecule has 2 aromatic carbocycles. The second-order valence-corrected chi connectivity index (χ2v) is 10.1. The molecule has 0 saturated heterocycles. The van der Waals surface area contributed by atoms with Crippen LogP contribution >= 0.6 is 0 Å². The molecular formula is C28H32F3N5O4. The van der Waals surface area contributed by atoms with Crippen molar-refractivity contribution in [1.29, 1.82) is 0 Å². The van der Waals surface area contributed by atoms with E-state index in [2.05, 4.69) is 15.4 Å². The summed E-state index contributed by atoms with van der Waals surface area (Å²) in [5, 5.41) is 14.3. The molecule has 40 heavy (non-hydrogen) atoms. The third-order valence-corrected chi connectivity index (χ3v) is 5.58. The summed E-state index contributed by atoms with van der Waals surface area (Å²) in [5.74, 6) is -2.17. The van der Waals surface area contributed by atoms with Crippen LogP contribution in [0.2, 0.25) is 0 Å². The molecule has 1 aromatic heterocycles. The quantitative estimate of drug-likeness (QED) is 0.321. The molecule has 0 bridgehead atoms. The van der Waals surface area contributed by atoms with E-state index in [9.17, 15) is 27.9 Å². The summed E-state index contributed by atoms with van der Waals surface area (Å²) in [7, 11) is 0. The van der Waals surface area contributed by atoms with E-state index in [4.69, 9.17) is 4.74 Å². The van der Waals surface area contributed by atoms with Crippen LogP contribution in [0.15, 0.2) is 73.2 Å². The van der Waals surface area contributed by atoms with Gasteiger partial charge >= 0.3 is 18.2 Å². The van der Waals surface area contributed by atoms with Gasteiger partial charge in [0.2, 0.25) is 0 Å². The van der Waals surface area contributed by atoms with Crippen LogP contribution in [-0.2, 0) is 22.5 Å². The lowest BCUT2D eigenvalue weighted by Crippen LogP contribution is -2.55. The number of hydrogen-bond acceptors (Lipinski definition) is 7. The third kappa shape index (κ3) is 9.93. The van der Waals surface area contributed by atoms with Crippen LogP contribution in [0.1, 0.15) is 31.9 Å². The number of carbonyl (C=O) groups excluding carboxylic acids is 2. The highest BCUT2D eigenvalue weighted by molar-refractivity contribution is 5.82. The van der Waals surface area contributed by atoms with Gasteiger partial charge in [0, 0.05) is 31.0 Å². The van der Waals surface area contributed by atoms with Gasteiger partial charge in [0.15, 0.2) is 0 Å². The number of halogens is 3. The number of amides is 2. The number of hydrazine groups is 1. The Morgan fingerprint density at radius 2 is 1.68 bits per heavy atom. The van der Waals surface area contributed by atoms with Gasteiger partial charge in [0.25, 0.3) is 0 Å². The zero-order chi connectivity index (χ0) is 29.3. The van der Waals surface area contributed by atoms with Crippen molar-refractivity contribution in [3.05, 3.63) is 84.3 Å². The van der Waals surface area contributed by atoms with E-state index >= 15 is 0 Å². The van der Waals surface area contributed by atoms with Gasteiger partial charge in [-0.15, -0.1) is 0 Å². The Morgan fingerprint density at radius 1 is 1.00 bits per heavy atom. The molecule has 0 unspecified atom stereocenters. The van der Waals surface area contributed by atoms with Crippen molar-refractivity contribution in [2.75, 3.05) is 6.54 Å². The van der Waals surface area contributed by atoms with Gasteiger partial charge < -0.3 is 15.2 Å². The fourth-order valence-electron chi connectivity index (χ4n) is 3.78. The monoisotopic (exact) mass is 559 g/mol. The Hall–Kier alpha value is -4.03. The lowest BCUT2D eigenvalue weighted by Gasteiger charge is -2.31. The molecule has 3 aromatic rings. The van der Waals surface area contributed by atoms with E-state index in [0.717, 1.165) is 11.1 Å². The molecule has 0 spiro atoms. The highest BCUT2D eigenvalue weighted by Crippen LogP contribution is 2.19. The fourth-order valence-corrected chi connectivity index (χ4v) is 3.78. The smallest absolute Gasteiger partial charge is 0.443 e. The Morgan fingerprint density at radius 3 is 2.25 bits per heavy atom. The second-order valence-electron chi connectivity index (χ2n) is 10.1. The molecule has 0 aliphatic heterocycles. The normalized spacial score (nSPS) is 13.4. The summed E-state index contributed by atoms with van der Waals surface area (Å²) in [5.41, 5.74) is 4.54. The molecule has 2 atom stereocenters. The number of aliphatic hydroxyl groups is 1. The molecule has 1 heterocycles. The summed E-state index contributed by atoms with van der Waals surface area (Å²) in [4.78, 5) is 32.6. The molecule has 3 rings (SSSR count). The molecule has 214 valence electrons. The first-order valence-corrected chi connectivity index (χ1v) is 12.5. The highest BCUT2D eigenvalue weighted by atomic mass is 19.4.